The first-order chi connectivity index (χ1) is 6.54. The Kier molecular flexibility index (Phi) is 3.37. The van der Waals surface area contributed by atoms with Crippen molar-refractivity contribution in [1.29, 1.82) is 0 Å². The van der Waals surface area contributed by atoms with Crippen molar-refractivity contribution in [1.82, 2.24) is 5.43 Å². The number of nitrogens with one attached hydrogen (secondary N) is 1. The molecule has 1 rings (SSSR count). The second-order valence-electron chi connectivity index (χ2n) is 2.36. The lowest BCUT2D eigenvalue weighted by molar-refractivity contribution is 0.583. The van der Waals surface area contributed by atoms with Crippen LogP contribution in [-0.4, -0.2) is 5.96 Å². The number of halogens is 3. The van der Waals surface area contributed by atoms with Gasteiger partial charge in [0.1, 0.15) is 11.5 Å². The van der Waals surface area contributed by atoms with E-state index in [0.717, 1.165) is 6.07 Å². The molecule has 0 aromatic heterocycles. The largest absolute Gasteiger partial charge is 0.369 e. The number of hydrogen-bond acceptors (Lipinski definition) is 2. The summed E-state index contributed by atoms with van der Waals surface area (Å²) in [5, 5.41) is 0. The Morgan fingerprint density at radius 3 is 2.57 bits per heavy atom. The van der Waals surface area contributed by atoms with Crippen LogP contribution in [-0.2, 0) is 0 Å². The van der Waals surface area contributed by atoms with Crippen LogP contribution in [0.1, 0.15) is 0 Å². The quantitative estimate of drug-likeness (QED) is 0.308. The zero-order valence-electron chi connectivity index (χ0n) is 6.89. The van der Waals surface area contributed by atoms with E-state index in [0.29, 0.717) is 6.07 Å². The zero-order valence-corrected chi connectivity index (χ0v) is 8.48. The Morgan fingerprint density at radius 1 is 1.43 bits per heavy atom. The van der Waals surface area contributed by atoms with Crippen LogP contribution in [0.25, 0.3) is 0 Å². The maximum Gasteiger partial charge on any atom is 0.208 e. The first-order valence-corrected chi connectivity index (χ1v) is 4.29. The number of aliphatic imine (C=N–C) groups is 1. The lowest BCUT2D eigenvalue weighted by atomic mass is 10.3. The number of hydrogen-bond donors (Lipinski definition) is 3. The van der Waals surface area contributed by atoms with Crippen molar-refractivity contribution in [3.05, 3.63) is 28.2 Å². The van der Waals surface area contributed by atoms with E-state index in [2.05, 4.69) is 20.9 Å². The first kappa shape index (κ1) is 10.9. The molecule has 14 heavy (non-hydrogen) atoms. The first-order valence-electron chi connectivity index (χ1n) is 3.50. The zero-order chi connectivity index (χ0) is 10.7. The standard InChI is InChI=1S/C7H7BrF2N4/c8-4-1-3(9)2-5(10)6(4)13-7(11)14-12/h1-2H,12H2,(H3,11,13,14). The summed E-state index contributed by atoms with van der Waals surface area (Å²) < 4.78 is 25.9. The molecule has 0 radical (unpaired) electrons. The average molecular weight is 265 g/mol. The highest BCUT2D eigenvalue weighted by Crippen LogP contribution is 2.29. The minimum Gasteiger partial charge on any atom is -0.369 e. The second kappa shape index (κ2) is 4.34. The molecular formula is C7H7BrF2N4. The molecule has 5 N–H and O–H groups in total. The van der Waals surface area contributed by atoms with Gasteiger partial charge < -0.3 is 5.73 Å². The third kappa shape index (κ3) is 2.39. The van der Waals surface area contributed by atoms with Crippen molar-refractivity contribution in [2.75, 3.05) is 0 Å². The smallest absolute Gasteiger partial charge is 0.208 e. The van der Waals surface area contributed by atoms with Crippen molar-refractivity contribution >= 4 is 27.6 Å². The summed E-state index contributed by atoms with van der Waals surface area (Å²) in [6.07, 6.45) is 0. The highest BCUT2D eigenvalue weighted by atomic mass is 79.9. The minimum atomic E-state index is -0.824. The van der Waals surface area contributed by atoms with Crippen LogP contribution in [0.2, 0.25) is 0 Å². The SMILES string of the molecule is NNC(N)=Nc1c(F)cc(F)cc1Br. The molecule has 7 heteroatoms. The van der Waals surface area contributed by atoms with Crippen molar-refractivity contribution in [3.63, 3.8) is 0 Å². The molecule has 0 unspecified atom stereocenters. The van der Waals surface area contributed by atoms with E-state index in [1.54, 1.807) is 0 Å². The van der Waals surface area contributed by atoms with Crippen LogP contribution >= 0.6 is 15.9 Å². The Hall–Kier alpha value is -1.21. The normalized spacial score (nSPS) is 11.6. The summed E-state index contributed by atoms with van der Waals surface area (Å²) in [6.45, 7) is 0. The number of nitrogens with two attached hydrogens (primary N) is 2. The number of rotatable bonds is 1. The van der Waals surface area contributed by atoms with E-state index in [-0.39, 0.29) is 16.1 Å². The molecule has 0 aliphatic rings. The molecule has 0 saturated carbocycles. The summed E-state index contributed by atoms with van der Waals surface area (Å²) in [6, 6.07) is 1.78. The molecule has 1 aromatic rings. The molecule has 0 saturated heterocycles. The maximum atomic E-state index is 13.1. The number of benzene rings is 1. The lowest BCUT2D eigenvalue weighted by Gasteiger charge is -2.02. The molecular weight excluding hydrogens is 258 g/mol. The van der Waals surface area contributed by atoms with Crippen LogP contribution in [0.4, 0.5) is 14.5 Å². The Morgan fingerprint density at radius 2 is 2.07 bits per heavy atom. The fraction of sp³-hybridized carbons (Fsp3) is 0. The van der Waals surface area contributed by atoms with Gasteiger partial charge in [0, 0.05) is 10.5 Å². The summed E-state index contributed by atoms with van der Waals surface area (Å²) in [4.78, 5) is 3.59. The molecule has 1 aromatic carbocycles. The van der Waals surface area contributed by atoms with Gasteiger partial charge in [-0.3, -0.25) is 5.43 Å². The van der Waals surface area contributed by atoms with Gasteiger partial charge in [0.25, 0.3) is 0 Å². The van der Waals surface area contributed by atoms with Crippen LogP contribution in [0.5, 0.6) is 0 Å². The number of nitrogens with zero attached hydrogens (tertiary/aromatic N) is 1. The van der Waals surface area contributed by atoms with Gasteiger partial charge in [-0.2, -0.15) is 0 Å². The van der Waals surface area contributed by atoms with Crippen molar-refractivity contribution in [2.45, 2.75) is 0 Å². The van der Waals surface area contributed by atoms with Gasteiger partial charge in [-0.15, -0.1) is 0 Å². The predicted molar refractivity (Wildman–Crippen MR) is 52.7 cm³/mol. The van der Waals surface area contributed by atoms with Gasteiger partial charge in [-0.25, -0.2) is 19.6 Å². The van der Waals surface area contributed by atoms with Gasteiger partial charge in [-0.1, -0.05) is 0 Å². The highest BCUT2D eigenvalue weighted by molar-refractivity contribution is 9.10. The van der Waals surface area contributed by atoms with Gasteiger partial charge in [-0.05, 0) is 22.0 Å². The van der Waals surface area contributed by atoms with Crippen molar-refractivity contribution in [2.24, 2.45) is 16.6 Å². The molecule has 0 spiro atoms. The van der Waals surface area contributed by atoms with E-state index in [1.165, 1.54) is 0 Å². The third-order valence-corrected chi connectivity index (χ3v) is 1.97. The van der Waals surface area contributed by atoms with Crippen LogP contribution in [0.15, 0.2) is 21.6 Å². The summed E-state index contributed by atoms with van der Waals surface area (Å²) >= 11 is 2.94. The fourth-order valence-corrected chi connectivity index (χ4v) is 1.29. The molecule has 0 amide bonds. The fourth-order valence-electron chi connectivity index (χ4n) is 0.794. The van der Waals surface area contributed by atoms with Gasteiger partial charge in [0.15, 0.2) is 5.82 Å². The minimum absolute atomic E-state index is 0.109. The molecule has 0 aliphatic carbocycles. The van der Waals surface area contributed by atoms with Gasteiger partial charge in [0.05, 0.1) is 0 Å². The maximum absolute atomic E-state index is 13.1. The predicted octanol–water partition coefficient (Wildman–Crippen LogP) is 1.14. The van der Waals surface area contributed by atoms with E-state index in [4.69, 9.17) is 11.6 Å². The molecule has 0 fully saturated rings. The molecule has 0 bridgehead atoms. The van der Waals surface area contributed by atoms with Crippen molar-refractivity contribution in [3.8, 4) is 0 Å². The number of hydrazine groups is 1. The molecule has 76 valence electrons. The van der Waals surface area contributed by atoms with Gasteiger partial charge >= 0.3 is 0 Å². The van der Waals surface area contributed by atoms with E-state index in [9.17, 15) is 8.78 Å². The van der Waals surface area contributed by atoms with Crippen LogP contribution in [0.3, 0.4) is 0 Å². The van der Waals surface area contributed by atoms with Crippen LogP contribution < -0.4 is 17.0 Å². The van der Waals surface area contributed by atoms with Crippen molar-refractivity contribution < 1.29 is 8.78 Å². The molecule has 0 aliphatic heterocycles. The summed E-state index contributed by atoms with van der Waals surface area (Å²) in [7, 11) is 0. The Labute approximate surface area is 87.1 Å². The number of guanidine groups is 1. The third-order valence-electron chi connectivity index (χ3n) is 1.36. The average Bonchev–Trinajstić information content (AvgIpc) is 2.10. The second-order valence-corrected chi connectivity index (χ2v) is 3.21. The topological polar surface area (TPSA) is 76.4 Å². The molecule has 0 heterocycles. The van der Waals surface area contributed by atoms with E-state index in [1.807, 2.05) is 5.43 Å². The summed E-state index contributed by atoms with van der Waals surface area (Å²) in [5.74, 6) is 3.24. The monoisotopic (exact) mass is 264 g/mol. The molecule has 4 nitrogen and oxygen atoms in total. The Bertz CT molecular complexity index is 357. The summed E-state index contributed by atoms with van der Waals surface area (Å²) in [5.41, 5.74) is 7.13. The Balaban J connectivity index is 3.21. The van der Waals surface area contributed by atoms with Crippen LogP contribution in [0, 0.1) is 11.6 Å². The highest BCUT2D eigenvalue weighted by Gasteiger charge is 2.08. The van der Waals surface area contributed by atoms with E-state index < -0.39 is 11.6 Å². The van der Waals surface area contributed by atoms with Gasteiger partial charge in [0.2, 0.25) is 5.96 Å². The molecule has 0 atom stereocenters. The lowest BCUT2D eigenvalue weighted by Crippen LogP contribution is -2.36. The van der Waals surface area contributed by atoms with E-state index >= 15 is 0 Å².